The molecule has 3 aromatic carbocycles. The highest BCUT2D eigenvalue weighted by molar-refractivity contribution is 6.33. The lowest BCUT2D eigenvalue weighted by Crippen LogP contribution is -2.54. The minimum atomic E-state index is -4.82. The molecule has 14 nitrogen and oxygen atoms in total. The molecule has 57 heavy (non-hydrogen) atoms. The molecule has 2 saturated heterocycles. The summed E-state index contributed by atoms with van der Waals surface area (Å²) in [7, 11) is 3.11. The van der Waals surface area contributed by atoms with Crippen LogP contribution in [0.4, 0.5) is 39.8 Å². The number of benzene rings is 3. The molecule has 3 aliphatic heterocycles. The molecule has 0 unspecified atom stereocenters. The summed E-state index contributed by atoms with van der Waals surface area (Å²) in [5, 5.41) is 2.56. The molecule has 0 aromatic heterocycles. The Hall–Kier alpha value is -5.71. The molecule has 0 bridgehead atoms. The molecule has 5 amide bonds. The number of rotatable bonds is 9. The van der Waals surface area contributed by atoms with Gasteiger partial charge in [-0.15, -0.1) is 0 Å². The van der Waals surface area contributed by atoms with Crippen LogP contribution < -0.4 is 16.0 Å². The van der Waals surface area contributed by atoms with Crippen LogP contribution in [0.15, 0.2) is 60.7 Å². The second-order valence-corrected chi connectivity index (χ2v) is 14.7. The van der Waals surface area contributed by atoms with Gasteiger partial charge in [-0.05, 0) is 66.4 Å². The second-order valence-electron chi connectivity index (χ2n) is 14.3. The minimum absolute atomic E-state index is 0.00566. The van der Waals surface area contributed by atoms with E-state index >= 15 is 0 Å². The standard InChI is InChI=1S/C39H43ClF3N7O7/c1-46(2)33(51)23-56-36(53)25-7-9-27(10-8-25)47-15-17-48(18-16-47)35(52)32(21-24-19-29(39(41,42)43)34(44)30(40)20-24)57-38(55)49-13-11-28(12-14-49)50-22-26-5-3-4-6-31(26)45-37(50)54/h3-10,19-20,28,32H,11-18,21-23,44H2,1-2H3,(H,45,54)/t32-/m1/s1. The molecule has 0 aliphatic carbocycles. The first-order valence-corrected chi connectivity index (χ1v) is 18.7. The van der Waals surface area contributed by atoms with Crippen molar-refractivity contribution in [1.29, 1.82) is 0 Å². The fourth-order valence-electron chi connectivity index (χ4n) is 7.03. The lowest BCUT2D eigenvalue weighted by molar-refractivity contribution is -0.141. The van der Waals surface area contributed by atoms with Gasteiger partial charge in [0.15, 0.2) is 12.7 Å². The van der Waals surface area contributed by atoms with Crippen molar-refractivity contribution in [3.8, 4) is 0 Å². The zero-order valence-corrected chi connectivity index (χ0v) is 32.1. The molecular formula is C39H43ClF3N7O7. The van der Waals surface area contributed by atoms with Crippen molar-refractivity contribution < 1.29 is 46.6 Å². The molecule has 1 atom stereocenters. The Balaban J connectivity index is 1.11. The highest BCUT2D eigenvalue weighted by atomic mass is 35.5. The number of fused-ring (bicyclic) bond motifs is 1. The number of urea groups is 1. The monoisotopic (exact) mass is 813 g/mol. The number of hydrogen-bond acceptors (Lipinski definition) is 9. The number of halogens is 4. The largest absolute Gasteiger partial charge is 0.452 e. The SMILES string of the molecule is CN(C)C(=O)COC(=O)c1ccc(N2CCN(C(=O)[C@@H](Cc3cc(Cl)c(N)c(C(F)(F)F)c3)OC(=O)N3CCC(N4Cc5ccccc5NC4=O)CC3)CC2)cc1. The van der Waals surface area contributed by atoms with Gasteiger partial charge in [-0.2, -0.15) is 13.2 Å². The van der Waals surface area contributed by atoms with E-state index in [1.165, 1.54) is 20.8 Å². The van der Waals surface area contributed by atoms with Gasteiger partial charge in [0.25, 0.3) is 11.8 Å². The van der Waals surface area contributed by atoms with Crippen LogP contribution >= 0.6 is 11.6 Å². The molecule has 0 radical (unpaired) electrons. The number of ether oxygens (including phenoxy) is 2. The maximum atomic E-state index is 14.1. The molecule has 0 saturated carbocycles. The van der Waals surface area contributed by atoms with Crippen LogP contribution in [0.2, 0.25) is 5.02 Å². The maximum Gasteiger partial charge on any atom is 0.418 e. The summed E-state index contributed by atoms with van der Waals surface area (Å²) < 4.78 is 52.5. The minimum Gasteiger partial charge on any atom is -0.452 e. The summed E-state index contributed by atoms with van der Waals surface area (Å²) in [5.74, 6) is -1.60. The summed E-state index contributed by atoms with van der Waals surface area (Å²) in [5.41, 5.74) is 6.59. The second kappa shape index (κ2) is 17.2. The fourth-order valence-corrected chi connectivity index (χ4v) is 7.27. The number of esters is 1. The number of carbonyl (C=O) groups excluding carboxylic acids is 5. The molecule has 6 rings (SSSR count). The van der Waals surface area contributed by atoms with Gasteiger partial charge in [0.05, 0.1) is 21.8 Å². The number of nitrogen functional groups attached to an aromatic ring is 1. The number of carbonyl (C=O) groups is 5. The lowest BCUT2D eigenvalue weighted by atomic mass is 10.0. The van der Waals surface area contributed by atoms with Gasteiger partial charge in [0.1, 0.15) is 0 Å². The zero-order chi connectivity index (χ0) is 41.0. The molecular weight excluding hydrogens is 771 g/mol. The van der Waals surface area contributed by atoms with E-state index in [2.05, 4.69) is 5.32 Å². The number of likely N-dealkylation sites (N-methyl/N-ethyl adjacent to an activating group) is 1. The number of piperazine rings is 1. The van der Waals surface area contributed by atoms with Crippen molar-refractivity contribution >= 4 is 58.6 Å². The molecule has 3 heterocycles. The molecule has 3 aromatic rings. The van der Waals surface area contributed by atoms with E-state index in [9.17, 15) is 37.1 Å². The van der Waals surface area contributed by atoms with Gasteiger partial charge in [0.2, 0.25) is 0 Å². The number of hydrogen-bond donors (Lipinski definition) is 2. The van der Waals surface area contributed by atoms with Crippen molar-refractivity contribution in [2.75, 3.05) is 75.9 Å². The van der Waals surface area contributed by atoms with Crippen LogP contribution in [-0.2, 0) is 38.2 Å². The number of para-hydroxylation sites is 1. The molecule has 304 valence electrons. The van der Waals surface area contributed by atoms with E-state index < -0.39 is 47.9 Å². The van der Waals surface area contributed by atoms with Crippen LogP contribution in [0.25, 0.3) is 0 Å². The quantitative estimate of drug-likeness (QED) is 0.222. The van der Waals surface area contributed by atoms with Crippen LogP contribution in [-0.4, -0.2) is 122 Å². The maximum absolute atomic E-state index is 14.1. The van der Waals surface area contributed by atoms with Crippen LogP contribution in [0.1, 0.15) is 39.9 Å². The van der Waals surface area contributed by atoms with Gasteiger partial charge in [-0.3, -0.25) is 9.59 Å². The summed E-state index contributed by atoms with van der Waals surface area (Å²) >= 11 is 6.11. The Morgan fingerprint density at radius 3 is 2.26 bits per heavy atom. The third kappa shape index (κ3) is 9.64. The van der Waals surface area contributed by atoms with E-state index in [4.69, 9.17) is 26.8 Å². The number of nitrogens with one attached hydrogen (secondary N) is 1. The lowest BCUT2D eigenvalue weighted by Gasteiger charge is -2.40. The predicted molar refractivity (Wildman–Crippen MR) is 205 cm³/mol. The van der Waals surface area contributed by atoms with Gasteiger partial charge in [-0.1, -0.05) is 29.8 Å². The average Bonchev–Trinajstić information content (AvgIpc) is 3.20. The number of anilines is 3. The van der Waals surface area contributed by atoms with Crippen molar-refractivity contribution in [3.05, 3.63) is 87.9 Å². The van der Waals surface area contributed by atoms with Gasteiger partial charge in [-0.25, -0.2) is 14.4 Å². The smallest absolute Gasteiger partial charge is 0.418 e. The number of piperidine rings is 1. The number of amides is 5. The van der Waals surface area contributed by atoms with Crippen molar-refractivity contribution in [2.24, 2.45) is 0 Å². The van der Waals surface area contributed by atoms with Crippen molar-refractivity contribution in [1.82, 2.24) is 19.6 Å². The number of nitrogens with two attached hydrogens (primary N) is 1. The van der Waals surface area contributed by atoms with E-state index in [0.29, 0.717) is 32.5 Å². The average molecular weight is 814 g/mol. The van der Waals surface area contributed by atoms with Gasteiger partial charge in [0, 0.05) is 83.7 Å². The first kappa shape index (κ1) is 40.9. The highest BCUT2D eigenvalue weighted by Gasteiger charge is 2.38. The fraction of sp³-hybridized carbons (Fsp3) is 0.410. The zero-order valence-electron chi connectivity index (χ0n) is 31.4. The third-order valence-electron chi connectivity index (χ3n) is 10.3. The van der Waals surface area contributed by atoms with E-state index in [1.54, 1.807) is 43.3 Å². The number of likely N-dealkylation sites (tertiary alicyclic amines) is 1. The third-order valence-corrected chi connectivity index (χ3v) is 10.7. The van der Waals surface area contributed by atoms with Crippen LogP contribution in [0.3, 0.4) is 0 Å². The first-order chi connectivity index (χ1) is 27.1. The van der Waals surface area contributed by atoms with E-state index in [0.717, 1.165) is 23.0 Å². The summed E-state index contributed by atoms with van der Waals surface area (Å²) in [4.78, 5) is 72.7. The Bertz CT molecular complexity index is 2000. The summed E-state index contributed by atoms with van der Waals surface area (Å²) in [6.07, 6.45) is -6.61. The Morgan fingerprint density at radius 2 is 1.61 bits per heavy atom. The van der Waals surface area contributed by atoms with Crippen molar-refractivity contribution in [3.63, 3.8) is 0 Å². The molecule has 3 aliphatic rings. The highest BCUT2D eigenvalue weighted by Crippen LogP contribution is 2.38. The number of nitrogens with zero attached hydrogens (tertiary/aromatic N) is 5. The summed E-state index contributed by atoms with van der Waals surface area (Å²) in [6, 6.07) is 15.7. The van der Waals surface area contributed by atoms with Crippen molar-refractivity contribution in [2.45, 2.75) is 44.1 Å². The van der Waals surface area contributed by atoms with Crippen LogP contribution in [0, 0.1) is 0 Å². The predicted octanol–water partition coefficient (Wildman–Crippen LogP) is 5.09. The molecule has 18 heteroatoms. The van der Waals surface area contributed by atoms with E-state index in [1.807, 2.05) is 29.2 Å². The first-order valence-electron chi connectivity index (χ1n) is 18.4. The summed E-state index contributed by atoms with van der Waals surface area (Å²) in [6.45, 7) is 1.62. The molecule has 3 N–H and O–H groups in total. The van der Waals surface area contributed by atoms with Gasteiger partial charge < -0.3 is 45.0 Å². The Kier molecular flexibility index (Phi) is 12.4. The topological polar surface area (TPSA) is 158 Å². The van der Waals surface area contributed by atoms with Gasteiger partial charge >= 0.3 is 24.3 Å². The number of alkyl halides is 3. The Labute approximate surface area is 332 Å². The molecule has 2 fully saturated rings. The molecule has 0 spiro atoms. The normalized spacial score (nSPS) is 16.7. The van der Waals surface area contributed by atoms with E-state index in [-0.39, 0.29) is 66.9 Å². The van der Waals surface area contributed by atoms with Crippen LogP contribution in [0.5, 0.6) is 0 Å². The Morgan fingerprint density at radius 1 is 0.947 bits per heavy atom.